The molecule has 1 heterocycles. The molecule has 0 bridgehead atoms. The summed E-state index contributed by atoms with van der Waals surface area (Å²) < 4.78 is 5.20. The molecular formula is C25H29N3O4S. The second-order valence-corrected chi connectivity index (χ2v) is 12.5. The minimum absolute atomic E-state index is 0.0276. The van der Waals surface area contributed by atoms with Crippen molar-refractivity contribution < 1.29 is 14.3 Å². The number of aromatic nitrogens is 1. The summed E-state index contributed by atoms with van der Waals surface area (Å²) in [6, 6.07) is 16.8. The first kappa shape index (κ1) is 24.1. The predicted molar refractivity (Wildman–Crippen MR) is 133 cm³/mol. The van der Waals surface area contributed by atoms with E-state index in [4.69, 9.17) is 4.74 Å². The first-order chi connectivity index (χ1) is 15.7. The second-order valence-electron chi connectivity index (χ2n) is 8.36. The molecule has 2 amide bonds. The van der Waals surface area contributed by atoms with Crippen LogP contribution in [-0.2, 0) is 16.0 Å². The SMILES string of the molecule is COc1ccc([C@@H](NC(=O)Cc2ccc(=O)[nH]c2)C(=O)Nc2ccc(S(C)(C)C)cc2)cc1. The molecule has 0 aliphatic carbocycles. The van der Waals surface area contributed by atoms with Gasteiger partial charge in [0.1, 0.15) is 11.8 Å². The number of H-pyrrole nitrogens is 1. The molecule has 0 fully saturated rings. The first-order valence-electron chi connectivity index (χ1n) is 10.4. The van der Waals surface area contributed by atoms with Gasteiger partial charge in [0.25, 0.3) is 5.91 Å². The minimum atomic E-state index is -0.904. The molecule has 3 aromatic rings. The van der Waals surface area contributed by atoms with Crippen molar-refractivity contribution in [3.63, 3.8) is 0 Å². The summed E-state index contributed by atoms with van der Waals surface area (Å²) in [5.41, 5.74) is 1.68. The summed E-state index contributed by atoms with van der Waals surface area (Å²) >= 11 is 0. The third-order valence-electron chi connectivity index (χ3n) is 5.06. The average Bonchev–Trinajstić information content (AvgIpc) is 2.79. The zero-order valence-corrected chi connectivity index (χ0v) is 20.0. The first-order valence-corrected chi connectivity index (χ1v) is 13.2. The Labute approximate surface area is 194 Å². The van der Waals surface area contributed by atoms with Crippen LogP contribution in [-0.4, -0.2) is 42.7 Å². The van der Waals surface area contributed by atoms with Crippen molar-refractivity contribution in [2.24, 2.45) is 0 Å². The second kappa shape index (κ2) is 10.4. The number of aromatic amines is 1. The number of nitrogens with one attached hydrogen (secondary N) is 3. The molecule has 7 nitrogen and oxygen atoms in total. The van der Waals surface area contributed by atoms with Gasteiger partial charge in [-0.15, -0.1) is 0 Å². The van der Waals surface area contributed by atoms with Gasteiger partial charge in [0.2, 0.25) is 11.5 Å². The van der Waals surface area contributed by atoms with Gasteiger partial charge in [-0.1, -0.05) is 18.2 Å². The maximum Gasteiger partial charge on any atom is 0.251 e. The van der Waals surface area contributed by atoms with Gasteiger partial charge in [0.15, 0.2) is 0 Å². The smallest absolute Gasteiger partial charge is 0.251 e. The molecule has 0 radical (unpaired) electrons. The van der Waals surface area contributed by atoms with Crippen LogP contribution in [0.2, 0.25) is 0 Å². The number of ether oxygens (including phenoxy) is 1. The lowest BCUT2D eigenvalue weighted by atomic mass is 10.0. The van der Waals surface area contributed by atoms with Gasteiger partial charge in [-0.25, -0.2) is 10.0 Å². The van der Waals surface area contributed by atoms with Gasteiger partial charge < -0.3 is 20.4 Å². The van der Waals surface area contributed by atoms with Gasteiger partial charge in [-0.3, -0.25) is 14.4 Å². The Balaban J connectivity index is 1.79. The van der Waals surface area contributed by atoms with Crippen LogP contribution >= 0.6 is 10.0 Å². The number of hydrogen-bond donors (Lipinski definition) is 3. The van der Waals surface area contributed by atoms with Gasteiger partial charge in [0.05, 0.1) is 13.5 Å². The Morgan fingerprint density at radius 3 is 2.18 bits per heavy atom. The van der Waals surface area contributed by atoms with Crippen LogP contribution in [0.3, 0.4) is 0 Å². The third-order valence-corrected chi connectivity index (χ3v) is 6.75. The van der Waals surface area contributed by atoms with Gasteiger partial charge in [-0.2, -0.15) is 0 Å². The Morgan fingerprint density at radius 1 is 0.970 bits per heavy atom. The summed E-state index contributed by atoms with van der Waals surface area (Å²) in [7, 11) is 0.698. The van der Waals surface area contributed by atoms with Crippen molar-refractivity contribution in [1.29, 1.82) is 0 Å². The van der Waals surface area contributed by atoms with E-state index in [0.717, 1.165) is 0 Å². The number of benzene rings is 2. The standard InChI is InChI=1S/C25H29N3O4S/c1-32-20-10-6-18(7-11-20)24(28-23(30)15-17-5-14-22(29)26-16-17)25(31)27-19-8-12-21(13-9-19)33(2,3)4/h5-14,16,24H,15H2,1-4H3,(H,26,29)(H,27,31)(H,28,30)/t24-/m1/s1. The van der Waals surface area contributed by atoms with Crippen molar-refractivity contribution in [3.05, 3.63) is 88.3 Å². The van der Waals surface area contributed by atoms with E-state index < -0.39 is 16.1 Å². The van der Waals surface area contributed by atoms with Crippen molar-refractivity contribution in [1.82, 2.24) is 10.3 Å². The number of hydrogen-bond acceptors (Lipinski definition) is 4. The number of anilines is 1. The monoisotopic (exact) mass is 467 g/mol. The van der Waals surface area contributed by atoms with E-state index in [-0.39, 0.29) is 23.8 Å². The van der Waals surface area contributed by atoms with Crippen LogP contribution in [0, 0.1) is 0 Å². The van der Waals surface area contributed by atoms with E-state index in [0.29, 0.717) is 22.6 Å². The van der Waals surface area contributed by atoms with Gasteiger partial charge in [-0.05, 0) is 71.2 Å². The summed E-state index contributed by atoms with van der Waals surface area (Å²) in [4.78, 5) is 40.9. The molecule has 0 aliphatic rings. The molecule has 1 aromatic heterocycles. The van der Waals surface area contributed by atoms with Crippen molar-refractivity contribution in [2.75, 3.05) is 31.2 Å². The van der Waals surface area contributed by atoms with Crippen LogP contribution in [0.4, 0.5) is 5.69 Å². The van der Waals surface area contributed by atoms with Crippen molar-refractivity contribution in [2.45, 2.75) is 17.4 Å². The lowest BCUT2D eigenvalue weighted by Gasteiger charge is -2.26. The molecule has 0 spiro atoms. The predicted octanol–water partition coefficient (Wildman–Crippen LogP) is 3.48. The Kier molecular flexibility index (Phi) is 7.60. The number of pyridine rings is 1. The molecule has 3 rings (SSSR count). The molecule has 0 saturated carbocycles. The Morgan fingerprint density at radius 2 is 1.64 bits per heavy atom. The highest BCUT2D eigenvalue weighted by Gasteiger charge is 2.23. The molecule has 0 unspecified atom stereocenters. The van der Waals surface area contributed by atoms with Gasteiger partial charge in [0, 0.05) is 18.0 Å². The highest BCUT2D eigenvalue weighted by atomic mass is 32.3. The molecular weight excluding hydrogens is 438 g/mol. The lowest BCUT2D eigenvalue weighted by Crippen LogP contribution is -2.37. The lowest BCUT2D eigenvalue weighted by molar-refractivity contribution is -0.126. The number of rotatable bonds is 8. The van der Waals surface area contributed by atoms with Crippen LogP contribution in [0.1, 0.15) is 17.2 Å². The van der Waals surface area contributed by atoms with Crippen molar-refractivity contribution >= 4 is 27.5 Å². The van der Waals surface area contributed by atoms with Crippen molar-refractivity contribution in [3.8, 4) is 5.75 Å². The summed E-state index contributed by atoms with van der Waals surface area (Å²) in [6.07, 6.45) is 8.14. The van der Waals surface area contributed by atoms with E-state index in [1.807, 2.05) is 24.3 Å². The normalized spacial score (nSPS) is 12.5. The van der Waals surface area contributed by atoms with Crippen LogP contribution < -0.4 is 20.9 Å². The fraction of sp³-hybridized carbons (Fsp3) is 0.240. The molecule has 1 atom stereocenters. The van der Waals surface area contributed by atoms with E-state index in [1.165, 1.54) is 17.2 Å². The Hall–Kier alpha value is -3.52. The maximum atomic E-state index is 13.2. The van der Waals surface area contributed by atoms with Gasteiger partial charge >= 0.3 is 0 Å². The largest absolute Gasteiger partial charge is 0.497 e. The maximum absolute atomic E-state index is 13.2. The van der Waals surface area contributed by atoms with Crippen LogP contribution in [0.15, 0.2) is 76.6 Å². The van der Waals surface area contributed by atoms with E-state index in [9.17, 15) is 14.4 Å². The zero-order valence-electron chi connectivity index (χ0n) is 19.2. The highest BCUT2D eigenvalue weighted by Crippen LogP contribution is 2.45. The van der Waals surface area contributed by atoms with Crippen LogP contribution in [0.5, 0.6) is 5.75 Å². The molecule has 0 saturated heterocycles. The van der Waals surface area contributed by atoms with E-state index in [2.05, 4.69) is 34.4 Å². The van der Waals surface area contributed by atoms with E-state index in [1.54, 1.807) is 37.4 Å². The summed E-state index contributed by atoms with van der Waals surface area (Å²) in [6.45, 7) is 0. The number of amides is 2. The zero-order chi connectivity index (χ0) is 24.0. The van der Waals surface area contributed by atoms with Crippen LogP contribution in [0.25, 0.3) is 0 Å². The average molecular weight is 468 g/mol. The summed E-state index contributed by atoms with van der Waals surface area (Å²) in [5, 5.41) is 5.71. The molecule has 8 heteroatoms. The molecule has 0 aliphatic heterocycles. The molecule has 33 heavy (non-hydrogen) atoms. The number of methoxy groups -OCH3 is 1. The third kappa shape index (κ3) is 6.73. The summed E-state index contributed by atoms with van der Waals surface area (Å²) in [5.74, 6) is -0.0479. The number of carbonyl (C=O) groups excluding carboxylic acids is 2. The molecule has 3 N–H and O–H groups in total. The number of carbonyl (C=O) groups is 2. The highest BCUT2D eigenvalue weighted by molar-refractivity contribution is 8.32. The quantitative estimate of drug-likeness (QED) is 0.472. The van der Waals surface area contributed by atoms with E-state index >= 15 is 0 Å². The Bertz CT molecular complexity index is 1150. The minimum Gasteiger partial charge on any atom is -0.497 e. The molecule has 2 aromatic carbocycles. The fourth-order valence-electron chi connectivity index (χ4n) is 3.21. The topological polar surface area (TPSA) is 100 Å². The fourth-order valence-corrected chi connectivity index (χ4v) is 4.16. The molecule has 174 valence electrons.